The molecule has 0 aromatic heterocycles. The van der Waals surface area contributed by atoms with E-state index in [9.17, 15) is 19.4 Å². The summed E-state index contributed by atoms with van der Waals surface area (Å²) in [4.78, 5) is 23.8. The summed E-state index contributed by atoms with van der Waals surface area (Å²) in [5.74, 6) is -0.461. The zero-order valence-electron chi connectivity index (χ0n) is 22.8. The molecule has 0 aliphatic carbocycles. The first kappa shape index (κ1) is 34.2. The van der Waals surface area contributed by atoms with Crippen molar-refractivity contribution in [2.45, 2.75) is 103 Å². The topological polar surface area (TPSA) is 105 Å². The molecule has 2 atom stereocenters. The van der Waals surface area contributed by atoms with Gasteiger partial charge in [0.15, 0.2) is 0 Å². The molecule has 0 rings (SSSR count). The summed E-state index contributed by atoms with van der Waals surface area (Å²) in [6, 6.07) is 0. The molecular formula is C26H52NO7P. The number of hydrogen-bond acceptors (Lipinski definition) is 7. The number of quaternary nitrogens is 1. The smallest absolute Gasteiger partial charge is 0.306 e. The maximum absolute atomic E-state index is 12.0. The maximum Gasteiger partial charge on any atom is 0.306 e. The second kappa shape index (κ2) is 21.3. The molecule has 0 aliphatic rings. The van der Waals surface area contributed by atoms with E-state index in [0.29, 0.717) is 17.4 Å². The Morgan fingerprint density at radius 1 is 0.914 bits per heavy atom. The number of hydrogen-bond donors (Lipinski definition) is 1. The fraction of sp³-hybridized carbons (Fsp3) is 0.885. The summed E-state index contributed by atoms with van der Waals surface area (Å²) in [7, 11) is 1.23. The number of esters is 1. The van der Waals surface area contributed by atoms with Gasteiger partial charge in [0.05, 0.1) is 34.4 Å². The number of phosphoric ester groups is 1. The van der Waals surface area contributed by atoms with Gasteiger partial charge in [0.25, 0.3) is 7.82 Å². The minimum absolute atomic E-state index is 0.0106. The monoisotopic (exact) mass is 521 g/mol. The summed E-state index contributed by atoms with van der Waals surface area (Å²) in [5.41, 5.74) is 0. The molecule has 0 aromatic rings. The van der Waals surface area contributed by atoms with Gasteiger partial charge in [-0.3, -0.25) is 9.36 Å². The van der Waals surface area contributed by atoms with E-state index >= 15 is 0 Å². The van der Waals surface area contributed by atoms with Crippen molar-refractivity contribution >= 4 is 13.8 Å². The summed E-state index contributed by atoms with van der Waals surface area (Å²) >= 11 is 0. The van der Waals surface area contributed by atoms with Crippen molar-refractivity contribution in [3.05, 3.63) is 12.2 Å². The van der Waals surface area contributed by atoms with Crippen LogP contribution < -0.4 is 4.89 Å². The molecule has 0 aliphatic heterocycles. The fourth-order valence-corrected chi connectivity index (χ4v) is 4.08. The van der Waals surface area contributed by atoms with Gasteiger partial charge < -0.3 is 28.3 Å². The van der Waals surface area contributed by atoms with E-state index < -0.39 is 33.1 Å². The number of aliphatic hydroxyl groups is 1. The molecule has 0 aromatic carbocycles. The van der Waals surface area contributed by atoms with Crippen LogP contribution in [0.15, 0.2) is 12.2 Å². The number of allylic oxidation sites excluding steroid dienone is 2. The maximum atomic E-state index is 12.0. The zero-order chi connectivity index (χ0) is 26.4. The van der Waals surface area contributed by atoms with Crippen molar-refractivity contribution in [2.75, 3.05) is 47.5 Å². The van der Waals surface area contributed by atoms with Gasteiger partial charge in [-0.15, -0.1) is 0 Å². The van der Waals surface area contributed by atoms with Crippen molar-refractivity contribution < 1.29 is 37.6 Å². The van der Waals surface area contributed by atoms with Crippen molar-refractivity contribution in [2.24, 2.45) is 0 Å². The van der Waals surface area contributed by atoms with Crippen LogP contribution in [0.4, 0.5) is 0 Å². The molecule has 0 saturated heterocycles. The van der Waals surface area contributed by atoms with E-state index in [1.165, 1.54) is 44.9 Å². The van der Waals surface area contributed by atoms with Gasteiger partial charge in [0.2, 0.25) is 0 Å². The Bertz CT molecular complexity index is 593. The number of ether oxygens (including phenoxy) is 1. The molecule has 1 N–H and O–H groups in total. The lowest BCUT2D eigenvalue weighted by atomic mass is 10.1. The first-order valence-corrected chi connectivity index (χ1v) is 14.9. The van der Waals surface area contributed by atoms with Crippen LogP contribution in [0.1, 0.15) is 96.8 Å². The van der Waals surface area contributed by atoms with E-state index in [0.717, 1.165) is 32.1 Å². The van der Waals surface area contributed by atoms with Crippen molar-refractivity contribution in [1.82, 2.24) is 0 Å². The van der Waals surface area contributed by atoms with Gasteiger partial charge in [-0.1, -0.05) is 70.4 Å². The highest BCUT2D eigenvalue weighted by molar-refractivity contribution is 7.45. The number of unbranched alkanes of at least 4 members (excludes halogenated alkanes) is 11. The van der Waals surface area contributed by atoms with Crippen molar-refractivity contribution in [1.29, 1.82) is 0 Å². The third kappa shape index (κ3) is 24.7. The van der Waals surface area contributed by atoms with Gasteiger partial charge >= 0.3 is 5.97 Å². The molecule has 0 spiro atoms. The van der Waals surface area contributed by atoms with Crippen LogP contribution in [0.2, 0.25) is 0 Å². The summed E-state index contributed by atoms with van der Waals surface area (Å²) in [5, 5.41) is 9.36. The van der Waals surface area contributed by atoms with E-state index in [2.05, 4.69) is 19.1 Å². The minimum Gasteiger partial charge on any atom is -0.756 e. The standard InChI is InChI=1S/C26H52NO7P/c1-5-6-7-8-9-10-11-12-13-14-15-16-17-18-19-20-26(29)34-25(23-28)24-33-35(30,31)32-22-21-27(2,3)4/h12-13,25,28H,5-11,14-24H2,1-4H3/b13-12+. The number of carbonyl (C=O) groups is 1. The lowest BCUT2D eigenvalue weighted by Crippen LogP contribution is -2.37. The van der Waals surface area contributed by atoms with Crippen LogP contribution in [-0.2, 0) is 23.1 Å². The van der Waals surface area contributed by atoms with Crippen molar-refractivity contribution in [3.8, 4) is 0 Å². The van der Waals surface area contributed by atoms with Gasteiger partial charge in [-0.25, -0.2) is 0 Å². The average Bonchev–Trinajstić information content (AvgIpc) is 2.78. The quantitative estimate of drug-likeness (QED) is 0.0617. The molecule has 2 unspecified atom stereocenters. The van der Waals surface area contributed by atoms with Gasteiger partial charge in [0, 0.05) is 6.42 Å². The Labute approximate surface area is 214 Å². The molecule has 0 bridgehead atoms. The van der Waals surface area contributed by atoms with Gasteiger partial charge in [-0.05, 0) is 32.1 Å². The summed E-state index contributed by atoms with van der Waals surface area (Å²) < 4.78 is 27.0. The Morgan fingerprint density at radius 2 is 1.46 bits per heavy atom. The van der Waals surface area contributed by atoms with Crippen LogP contribution in [0.5, 0.6) is 0 Å². The van der Waals surface area contributed by atoms with Gasteiger partial charge in [0.1, 0.15) is 19.3 Å². The lowest BCUT2D eigenvalue weighted by Gasteiger charge is -2.28. The molecule has 0 radical (unpaired) electrons. The number of likely N-dealkylation sites (N-methyl/N-ethyl adjacent to an activating group) is 1. The highest BCUT2D eigenvalue weighted by Crippen LogP contribution is 2.38. The zero-order valence-corrected chi connectivity index (χ0v) is 23.6. The van der Waals surface area contributed by atoms with Crippen LogP contribution in [0.25, 0.3) is 0 Å². The number of nitrogens with zero attached hydrogens (tertiary/aromatic N) is 1. The van der Waals surface area contributed by atoms with E-state index in [1.807, 2.05) is 21.1 Å². The Kier molecular flexibility index (Phi) is 20.9. The van der Waals surface area contributed by atoms with Crippen LogP contribution in [0, 0.1) is 0 Å². The summed E-state index contributed by atoms with van der Waals surface area (Å²) in [6.07, 6.45) is 19.1. The average molecular weight is 522 g/mol. The second-order valence-corrected chi connectivity index (χ2v) is 11.6. The molecule has 208 valence electrons. The first-order valence-electron chi connectivity index (χ1n) is 13.5. The number of carbonyl (C=O) groups excluding carboxylic acids is 1. The Balaban J connectivity index is 3.75. The fourth-order valence-electron chi connectivity index (χ4n) is 3.35. The lowest BCUT2D eigenvalue weighted by molar-refractivity contribution is -0.870. The molecule has 8 nitrogen and oxygen atoms in total. The van der Waals surface area contributed by atoms with E-state index in [4.69, 9.17) is 13.8 Å². The van der Waals surface area contributed by atoms with Gasteiger partial charge in [-0.2, -0.15) is 0 Å². The second-order valence-electron chi connectivity index (χ2n) is 10.2. The van der Waals surface area contributed by atoms with Crippen LogP contribution in [-0.4, -0.2) is 69.2 Å². The van der Waals surface area contributed by atoms with Crippen LogP contribution in [0.3, 0.4) is 0 Å². The first-order chi connectivity index (χ1) is 16.6. The number of rotatable bonds is 24. The normalized spacial score (nSPS) is 14.8. The third-order valence-corrected chi connectivity index (χ3v) is 6.54. The molecule has 35 heavy (non-hydrogen) atoms. The van der Waals surface area contributed by atoms with E-state index in [1.54, 1.807) is 0 Å². The molecule has 0 fully saturated rings. The highest BCUT2D eigenvalue weighted by atomic mass is 31.2. The van der Waals surface area contributed by atoms with Crippen LogP contribution >= 0.6 is 7.82 Å². The molecular weight excluding hydrogens is 469 g/mol. The number of phosphoric acid groups is 1. The predicted molar refractivity (Wildman–Crippen MR) is 139 cm³/mol. The molecule has 9 heteroatoms. The third-order valence-electron chi connectivity index (χ3n) is 5.57. The van der Waals surface area contributed by atoms with Crippen molar-refractivity contribution in [3.63, 3.8) is 0 Å². The molecule has 0 saturated carbocycles. The number of aliphatic hydroxyl groups excluding tert-OH is 1. The largest absolute Gasteiger partial charge is 0.756 e. The predicted octanol–water partition coefficient (Wildman–Crippen LogP) is 5.14. The minimum atomic E-state index is -4.51. The van der Waals surface area contributed by atoms with E-state index in [-0.39, 0.29) is 13.0 Å². The summed E-state index contributed by atoms with van der Waals surface area (Å²) in [6.45, 7) is 1.75. The SMILES string of the molecule is CCCCCCCC/C=C/CCCCCCCC(=O)OC(CO)COP(=O)([O-])OCC[N+](C)(C)C. The Hall–Kier alpha value is -0.760. The Morgan fingerprint density at radius 3 is 2.00 bits per heavy atom. The highest BCUT2D eigenvalue weighted by Gasteiger charge is 2.19. The molecule has 0 heterocycles. The molecule has 0 amide bonds.